The van der Waals surface area contributed by atoms with Crippen LogP contribution in [0.25, 0.3) is 0 Å². The van der Waals surface area contributed by atoms with Crippen molar-refractivity contribution in [2.75, 3.05) is 33.3 Å². The molecule has 2 aliphatic carbocycles. The van der Waals surface area contributed by atoms with Gasteiger partial charge in [0.15, 0.2) is 0 Å². The number of halogens is 1. The highest BCUT2D eigenvalue weighted by atomic mass is 35.5. The number of methoxy groups -OCH3 is 1. The minimum atomic E-state index is -0.00174. The van der Waals surface area contributed by atoms with Crippen LogP contribution in [0.2, 0.25) is 5.02 Å². The van der Waals surface area contributed by atoms with Gasteiger partial charge in [0.05, 0.1) is 12.1 Å². The maximum absolute atomic E-state index is 12.6. The lowest BCUT2D eigenvalue weighted by Gasteiger charge is -2.37. The number of benzene rings is 1. The maximum Gasteiger partial charge on any atom is 0.229 e. The fourth-order valence-corrected chi connectivity index (χ4v) is 6.97. The first kappa shape index (κ1) is 21.3. The number of hydrogen-bond donors (Lipinski definition) is 0. The zero-order valence-corrected chi connectivity index (χ0v) is 19.3. The van der Waals surface area contributed by atoms with Crippen LogP contribution in [0.5, 0.6) is 5.75 Å². The minimum Gasteiger partial charge on any atom is -0.495 e. The van der Waals surface area contributed by atoms with Gasteiger partial charge in [-0.05, 0) is 61.6 Å². The molecular formula is C25H33ClN2O3. The van der Waals surface area contributed by atoms with E-state index in [1.165, 1.54) is 24.0 Å². The molecule has 31 heavy (non-hydrogen) atoms. The van der Waals surface area contributed by atoms with Crippen molar-refractivity contribution in [2.24, 2.45) is 11.3 Å². The summed E-state index contributed by atoms with van der Waals surface area (Å²) < 4.78 is 5.63. The fraction of sp³-hybridized carbons (Fsp3) is 0.680. The van der Waals surface area contributed by atoms with Gasteiger partial charge in [-0.3, -0.25) is 14.5 Å². The Labute approximate surface area is 190 Å². The molecule has 1 aromatic carbocycles. The largest absolute Gasteiger partial charge is 0.495 e. The number of likely N-dealkylation sites (tertiary alicyclic amines) is 2. The highest BCUT2D eigenvalue weighted by molar-refractivity contribution is 6.32. The number of carbonyl (C=O) groups excluding carboxylic acids is 2. The van der Waals surface area contributed by atoms with Gasteiger partial charge in [-0.25, -0.2) is 0 Å². The molecule has 168 valence electrons. The highest BCUT2D eigenvalue weighted by Crippen LogP contribution is 2.49. The second-order valence-electron chi connectivity index (χ2n) is 10.2. The third kappa shape index (κ3) is 3.89. The number of carbonyl (C=O) groups is 2. The molecule has 5 nitrogen and oxygen atoms in total. The van der Waals surface area contributed by atoms with E-state index in [2.05, 4.69) is 11.0 Å². The van der Waals surface area contributed by atoms with Crippen molar-refractivity contribution in [3.05, 3.63) is 28.3 Å². The van der Waals surface area contributed by atoms with E-state index in [9.17, 15) is 9.59 Å². The zero-order chi connectivity index (χ0) is 21.6. The number of piperidine rings is 1. The van der Waals surface area contributed by atoms with Crippen molar-refractivity contribution in [2.45, 2.75) is 63.7 Å². The molecule has 1 saturated carbocycles. The number of hydrogen-bond acceptors (Lipinski definition) is 4. The van der Waals surface area contributed by atoms with Crippen LogP contribution >= 0.6 is 11.6 Å². The molecule has 2 atom stereocenters. The number of rotatable bonds is 6. The van der Waals surface area contributed by atoms with Gasteiger partial charge in [-0.15, -0.1) is 0 Å². The Morgan fingerprint density at radius 1 is 1.06 bits per heavy atom. The van der Waals surface area contributed by atoms with Crippen LogP contribution in [0.15, 0.2) is 12.1 Å². The van der Waals surface area contributed by atoms with E-state index in [1.54, 1.807) is 12.0 Å². The van der Waals surface area contributed by atoms with E-state index in [-0.39, 0.29) is 17.2 Å². The van der Waals surface area contributed by atoms with Gasteiger partial charge in [-0.2, -0.15) is 0 Å². The van der Waals surface area contributed by atoms with Crippen molar-refractivity contribution in [3.8, 4) is 5.75 Å². The molecule has 0 bridgehead atoms. The Bertz CT molecular complexity index is 860. The molecule has 2 aliphatic heterocycles. The minimum absolute atomic E-state index is 0.00174. The molecule has 2 amide bonds. The topological polar surface area (TPSA) is 49.9 Å². The Morgan fingerprint density at radius 3 is 2.48 bits per heavy atom. The molecule has 2 heterocycles. The average Bonchev–Trinajstić information content (AvgIpc) is 3.42. The van der Waals surface area contributed by atoms with Gasteiger partial charge in [0.25, 0.3) is 0 Å². The maximum atomic E-state index is 12.6. The summed E-state index contributed by atoms with van der Waals surface area (Å²) in [5.74, 6) is 2.12. The van der Waals surface area contributed by atoms with Crippen molar-refractivity contribution < 1.29 is 14.3 Å². The van der Waals surface area contributed by atoms with Gasteiger partial charge in [0.1, 0.15) is 5.75 Å². The van der Waals surface area contributed by atoms with E-state index in [1.807, 2.05) is 6.07 Å². The van der Waals surface area contributed by atoms with Crippen molar-refractivity contribution in [1.29, 1.82) is 0 Å². The lowest BCUT2D eigenvalue weighted by atomic mass is 9.76. The summed E-state index contributed by atoms with van der Waals surface area (Å²) in [7, 11) is 1.71. The molecular weight excluding hydrogens is 412 g/mol. The monoisotopic (exact) mass is 444 g/mol. The first-order valence-corrected chi connectivity index (χ1v) is 12.3. The van der Waals surface area contributed by atoms with E-state index in [0.29, 0.717) is 36.2 Å². The van der Waals surface area contributed by atoms with Crippen molar-refractivity contribution in [1.82, 2.24) is 9.80 Å². The van der Waals surface area contributed by atoms with Crippen molar-refractivity contribution >= 4 is 23.4 Å². The van der Waals surface area contributed by atoms with E-state index in [0.717, 1.165) is 57.5 Å². The van der Waals surface area contributed by atoms with Crippen molar-refractivity contribution in [3.63, 3.8) is 0 Å². The summed E-state index contributed by atoms with van der Waals surface area (Å²) in [6, 6.07) is 4.11. The first-order chi connectivity index (χ1) is 15.0. The third-order valence-electron chi connectivity index (χ3n) is 8.24. The second kappa shape index (κ2) is 8.40. The summed E-state index contributed by atoms with van der Waals surface area (Å²) in [5, 5.41) is 0.704. The second-order valence-corrected chi connectivity index (χ2v) is 10.6. The SMILES string of the molecule is COc1c(Cl)ccc2c1C1CN(CCCCN3C(=O)CC4(CCCC4)CC3=O)CC1C2. The Kier molecular flexibility index (Phi) is 5.76. The first-order valence-electron chi connectivity index (χ1n) is 11.9. The molecule has 0 aromatic heterocycles. The van der Waals surface area contributed by atoms with Crippen LogP contribution in [0.1, 0.15) is 68.4 Å². The number of imide groups is 1. The molecule has 2 unspecified atom stereocenters. The third-order valence-corrected chi connectivity index (χ3v) is 8.53. The Hall–Kier alpha value is -1.59. The molecule has 3 fully saturated rings. The van der Waals surface area contributed by atoms with Gasteiger partial charge >= 0.3 is 0 Å². The van der Waals surface area contributed by atoms with Crippen LogP contribution in [-0.4, -0.2) is 54.9 Å². The van der Waals surface area contributed by atoms with E-state index < -0.39 is 0 Å². The van der Waals surface area contributed by atoms with Gasteiger partial charge < -0.3 is 9.64 Å². The summed E-state index contributed by atoms with van der Waals surface area (Å²) in [6.45, 7) is 3.74. The lowest BCUT2D eigenvalue weighted by Crippen LogP contribution is -2.47. The molecule has 0 radical (unpaired) electrons. The smallest absolute Gasteiger partial charge is 0.229 e. The number of fused-ring (bicyclic) bond motifs is 3. The summed E-state index contributed by atoms with van der Waals surface area (Å²) in [5.41, 5.74) is 2.70. The predicted molar refractivity (Wildman–Crippen MR) is 120 cm³/mol. The number of nitrogens with zero attached hydrogens (tertiary/aromatic N) is 2. The number of amides is 2. The Morgan fingerprint density at radius 2 is 1.77 bits per heavy atom. The predicted octanol–water partition coefficient (Wildman–Crippen LogP) is 4.41. The molecule has 1 aromatic rings. The van der Waals surface area contributed by atoms with Gasteiger partial charge in [0, 0.05) is 44.0 Å². The standard InChI is InChI=1S/C25H33ClN2O3/c1-31-24-20(26)7-6-17-12-18-15-27(16-19(18)23(17)24)10-4-5-11-28-21(29)13-25(14-22(28)30)8-2-3-9-25/h6-7,18-19H,2-5,8-16H2,1H3. The Balaban J connectivity index is 1.11. The van der Waals surface area contributed by atoms with Crippen LogP contribution < -0.4 is 4.74 Å². The molecule has 5 rings (SSSR count). The molecule has 0 N–H and O–H groups in total. The van der Waals surface area contributed by atoms with E-state index in [4.69, 9.17) is 16.3 Å². The van der Waals surface area contributed by atoms with E-state index >= 15 is 0 Å². The fourth-order valence-electron chi connectivity index (χ4n) is 6.73. The average molecular weight is 445 g/mol. The van der Waals surface area contributed by atoms with Crippen LogP contribution in [-0.2, 0) is 16.0 Å². The molecule has 2 saturated heterocycles. The zero-order valence-electron chi connectivity index (χ0n) is 18.5. The highest BCUT2D eigenvalue weighted by Gasteiger charge is 2.45. The van der Waals surface area contributed by atoms with Crippen LogP contribution in [0, 0.1) is 11.3 Å². The van der Waals surface area contributed by atoms with Gasteiger partial charge in [-0.1, -0.05) is 30.5 Å². The molecule has 1 spiro atoms. The lowest BCUT2D eigenvalue weighted by molar-refractivity contribution is -0.153. The normalized spacial score (nSPS) is 27.2. The van der Waals surface area contributed by atoms with Crippen LogP contribution in [0.3, 0.4) is 0 Å². The summed E-state index contributed by atoms with van der Waals surface area (Å²) in [4.78, 5) is 29.3. The quantitative estimate of drug-likeness (QED) is 0.481. The number of unbranched alkanes of at least 4 members (excludes halogenated alkanes) is 1. The molecule has 4 aliphatic rings. The number of ether oxygens (including phenoxy) is 1. The van der Waals surface area contributed by atoms with Gasteiger partial charge in [0.2, 0.25) is 11.8 Å². The summed E-state index contributed by atoms with van der Waals surface area (Å²) >= 11 is 6.38. The molecule has 6 heteroatoms. The van der Waals surface area contributed by atoms with Crippen LogP contribution in [0.4, 0.5) is 0 Å². The summed E-state index contributed by atoms with van der Waals surface area (Å²) in [6.07, 6.45) is 8.60.